The number of rotatable bonds is 5. The van der Waals surface area contributed by atoms with Crippen molar-refractivity contribution in [2.45, 2.75) is 31.5 Å². The Morgan fingerprint density at radius 2 is 2.06 bits per heavy atom. The zero-order valence-electron chi connectivity index (χ0n) is 9.82. The number of non-ortho nitro benzene ring substituents is 1. The smallest absolute Gasteiger partial charge is 0.258 e. The summed E-state index contributed by atoms with van der Waals surface area (Å²) < 4.78 is 0.805. The molecule has 0 N–H and O–H groups in total. The van der Waals surface area contributed by atoms with Gasteiger partial charge in [0.1, 0.15) is 0 Å². The van der Waals surface area contributed by atoms with Gasteiger partial charge in [-0.2, -0.15) is 0 Å². The highest BCUT2D eigenvalue weighted by Crippen LogP contribution is 2.26. The molecule has 0 bridgehead atoms. The van der Waals surface area contributed by atoms with E-state index in [9.17, 15) is 10.1 Å². The summed E-state index contributed by atoms with van der Waals surface area (Å²) in [5.41, 5.74) is 1.22. The molecule has 1 rings (SSSR count). The third-order valence-corrected chi connectivity index (χ3v) is 3.85. The SMILES string of the molecule is CC(C)CC(Br)Cc1ccc([N+](=O)[O-])cc1Br. The highest BCUT2D eigenvalue weighted by Gasteiger charge is 2.13. The predicted molar refractivity (Wildman–Crippen MR) is 76.7 cm³/mol. The third-order valence-electron chi connectivity index (χ3n) is 2.42. The quantitative estimate of drug-likeness (QED) is 0.431. The Hall–Kier alpha value is -0.420. The largest absolute Gasteiger partial charge is 0.270 e. The maximum absolute atomic E-state index is 10.6. The topological polar surface area (TPSA) is 43.1 Å². The molecule has 0 spiro atoms. The second-order valence-electron chi connectivity index (χ2n) is 4.46. The first-order chi connectivity index (χ1) is 7.90. The molecule has 0 amide bonds. The van der Waals surface area contributed by atoms with Crippen LogP contribution in [0.2, 0.25) is 0 Å². The van der Waals surface area contributed by atoms with E-state index in [2.05, 4.69) is 45.7 Å². The van der Waals surface area contributed by atoms with Crippen molar-refractivity contribution >= 4 is 37.5 Å². The van der Waals surface area contributed by atoms with E-state index in [4.69, 9.17) is 0 Å². The van der Waals surface area contributed by atoms with Crippen LogP contribution in [0.25, 0.3) is 0 Å². The first-order valence-electron chi connectivity index (χ1n) is 5.47. The molecule has 0 heterocycles. The Morgan fingerprint density at radius 3 is 2.53 bits per heavy atom. The van der Waals surface area contributed by atoms with Crippen LogP contribution in [0.3, 0.4) is 0 Å². The molecule has 0 fully saturated rings. The summed E-state index contributed by atoms with van der Waals surface area (Å²) in [6.07, 6.45) is 1.96. The molecular weight excluding hydrogens is 350 g/mol. The number of benzene rings is 1. The molecule has 0 aliphatic heterocycles. The number of nitrogens with zero attached hydrogens (tertiary/aromatic N) is 1. The van der Waals surface area contributed by atoms with Gasteiger partial charge in [0.05, 0.1) is 4.92 Å². The van der Waals surface area contributed by atoms with Crippen LogP contribution in [0, 0.1) is 16.0 Å². The lowest BCUT2D eigenvalue weighted by molar-refractivity contribution is -0.384. The summed E-state index contributed by atoms with van der Waals surface area (Å²) in [7, 11) is 0. The molecule has 1 atom stereocenters. The number of hydrogen-bond acceptors (Lipinski definition) is 2. The second-order valence-corrected chi connectivity index (χ2v) is 6.61. The standard InChI is InChI=1S/C12H15Br2NO2/c1-8(2)5-10(13)6-9-3-4-11(15(16)17)7-12(9)14/h3-4,7-8,10H,5-6H2,1-2H3. The Bertz CT molecular complexity index is 407. The monoisotopic (exact) mass is 363 g/mol. The van der Waals surface area contributed by atoms with Gasteiger partial charge in [-0.25, -0.2) is 0 Å². The van der Waals surface area contributed by atoms with Gasteiger partial charge in [-0.1, -0.05) is 51.8 Å². The number of hydrogen-bond donors (Lipinski definition) is 0. The van der Waals surface area contributed by atoms with E-state index in [1.165, 1.54) is 0 Å². The molecule has 5 heteroatoms. The molecule has 1 unspecified atom stereocenters. The molecule has 0 aliphatic carbocycles. The van der Waals surface area contributed by atoms with E-state index in [0.29, 0.717) is 10.7 Å². The van der Waals surface area contributed by atoms with E-state index in [1.54, 1.807) is 12.1 Å². The zero-order chi connectivity index (χ0) is 13.0. The van der Waals surface area contributed by atoms with Crippen molar-refractivity contribution in [3.8, 4) is 0 Å². The highest BCUT2D eigenvalue weighted by atomic mass is 79.9. The van der Waals surface area contributed by atoms with Crippen LogP contribution in [-0.2, 0) is 6.42 Å². The lowest BCUT2D eigenvalue weighted by atomic mass is 10.0. The number of alkyl halides is 1. The van der Waals surface area contributed by atoms with Gasteiger partial charge in [0.2, 0.25) is 0 Å². The van der Waals surface area contributed by atoms with Crippen LogP contribution < -0.4 is 0 Å². The van der Waals surface area contributed by atoms with Crippen LogP contribution in [0.4, 0.5) is 5.69 Å². The number of nitro benzene ring substituents is 1. The minimum atomic E-state index is -0.381. The molecule has 94 valence electrons. The molecule has 0 saturated carbocycles. The molecule has 17 heavy (non-hydrogen) atoms. The van der Waals surface area contributed by atoms with Gasteiger partial charge >= 0.3 is 0 Å². The molecule has 3 nitrogen and oxygen atoms in total. The van der Waals surface area contributed by atoms with Crippen molar-refractivity contribution in [1.29, 1.82) is 0 Å². The van der Waals surface area contributed by atoms with Crippen molar-refractivity contribution in [1.82, 2.24) is 0 Å². The van der Waals surface area contributed by atoms with Crippen molar-refractivity contribution in [2.24, 2.45) is 5.92 Å². The van der Waals surface area contributed by atoms with Gasteiger partial charge in [0.15, 0.2) is 0 Å². The Labute approximate surface area is 118 Å². The lowest BCUT2D eigenvalue weighted by Gasteiger charge is -2.13. The maximum atomic E-state index is 10.6. The third kappa shape index (κ3) is 4.76. The van der Waals surface area contributed by atoms with Crippen LogP contribution in [0.5, 0.6) is 0 Å². The fourth-order valence-corrected chi connectivity index (χ4v) is 3.27. The predicted octanol–water partition coefficient (Wildman–Crippen LogP) is 4.71. The summed E-state index contributed by atoms with van der Waals surface area (Å²) in [6, 6.07) is 4.93. The van der Waals surface area contributed by atoms with Gasteiger partial charge in [-0.15, -0.1) is 0 Å². The highest BCUT2D eigenvalue weighted by molar-refractivity contribution is 9.10. The van der Waals surface area contributed by atoms with Crippen LogP contribution in [0.1, 0.15) is 25.8 Å². The van der Waals surface area contributed by atoms with Gasteiger partial charge in [0, 0.05) is 21.4 Å². The van der Waals surface area contributed by atoms with Crippen LogP contribution in [-0.4, -0.2) is 9.75 Å². The molecule has 0 aromatic heterocycles. The summed E-state index contributed by atoms with van der Waals surface area (Å²) in [5.74, 6) is 0.635. The minimum absolute atomic E-state index is 0.121. The first-order valence-corrected chi connectivity index (χ1v) is 7.18. The van der Waals surface area contributed by atoms with Gasteiger partial charge < -0.3 is 0 Å². The van der Waals surface area contributed by atoms with E-state index >= 15 is 0 Å². The maximum Gasteiger partial charge on any atom is 0.270 e. The van der Waals surface area contributed by atoms with Crippen molar-refractivity contribution in [3.05, 3.63) is 38.3 Å². The van der Waals surface area contributed by atoms with Crippen molar-refractivity contribution < 1.29 is 4.92 Å². The fraction of sp³-hybridized carbons (Fsp3) is 0.500. The molecular formula is C12H15Br2NO2. The average Bonchev–Trinajstić information content (AvgIpc) is 2.19. The molecule has 0 saturated heterocycles. The first kappa shape index (κ1) is 14.6. The Kier molecular flexibility index (Phi) is 5.59. The fourth-order valence-electron chi connectivity index (χ4n) is 1.65. The van der Waals surface area contributed by atoms with Gasteiger partial charge in [-0.3, -0.25) is 10.1 Å². The number of nitro groups is 1. The summed E-state index contributed by atoms with van der Waals surface area (Å²) >= 11 is 7.03. The Morgan fingerprint density at radius 1 is 1.41 bits per heavy atom. The van der Waals surface area contributed by atoms with E-state index in [0.717, 1.165) is 22.9 Å². The molecule has 1 aromatic rings. The number of halogens is 2. The molecule has 1 aromatic carbocycles. The summed E-state index contributed by atoms with van der Waals surface area (Å²) in [6.45, 7) is 4.36. The minimum Gasteiger partial charge on any atom is -0.258 e. The van der Waals surface area contributed by atoms with Crippen molar-refractivity contribution in [2.75, 3.05) is 0 Å². The lowest BCUT2D eigenvalue weighted by Crippen LogP contribution is -2.07. The van der Waals surface area contributed by atoms with E-state index in [1.807, 2.05) is 6.07 Å². The normalized spacial score (nSPS) is 12.8. The van der Waals surface area contributed by atoms with Gasteiger partial charge in [-0.05, 0) is 24.3 Å². The summed E-state index contributed by atoms with van der Waals surface area (Å²) in [4.78, 5) is 10.6. The molecule has 0 aliphatic rings. The van der Waals surface area contributed by atoms with E-state index < -0.39 is 0 Å². The average molecular weight is 365 g/mol. The molecule has 0 radical (unpaired) electrons. The van der Waals surface area contributed by atoms with Crippen LogP contribution in [0.15, 0.2) is 22.7 Å². The summed E-state index contributed by atoms with van der Waals surface area (Å²) in [5, 5.41) is 10.6. The van der Waals surface area contributed by atoms with Crippen molar-refractivity contribution in [3.63, 3.8) is 0 Å². The Balaban J connectivity index is 2.75. The second kappa shape index (κ2) is 6.50. The van der Waals surface area contributed by atoms with E-state index in [-0.39, 0.29) is 10.6 Å². The van der Waals surface area contributed by atoms with Crippen LogP contribution >= 0.6 is 31.9 Å². The zero-order valence-corrected chi connectivity index (χ0v) is 13.0. The van der Waals surface area contributed by atoms with Gasteiger partial charge in [0.25, 0.3) is 5.69 Å².